The van der Waals surface area contributed by atoms with Crippen LogP contribution >= 0.6 is 0 Å². The Balaban J connectivity index is 2.27. The van der Waals surface area contributed by atoms with Gasteiger partial charge in [0.2, 0.25) is 6.41 Å². The van der Waals surface area contributed by atoms with E-state index in [2.05, 4.69) is 5.32 Å². The van der Waals surface area contributed by atoms with Gasteiger partial charge in [0, 0.05) is 6.42 Å². The molecule has 1 amide bonds. The van der Waals surface area contributed by atoms with Gasteiger partial charge in [-0.25, -0.2) is 0 Å². The van der Waals surface area contributed by atoms with Crippen molar-refractivity contribution in [2.24, 2.45) is 0 Å². The maximum atomic E-state index is 11.2. The first-order valence-corrected chi connectivity index (χ1v) is 4.55. The fourth-order valence-electron chi connectivity index (χ4n) is 1.17. The summed E-state index contributed by atoms with van der Waals surface area (Å²) in [6, 6.07) is 9.81. The fourth-order valence-corrected chi connectivity index (χ4v) is 1.17. The Morgan fingerprint density at radius 2 is 2.00 bits per heavy atom. The number of hydrogen-bond acceptors (Lipinski definition) is 2. The standard InChI is InChI=1S/C11H13NO2/c13-9-12-8-11(14)7-6-10-4-2-1-3-5-10/h1-5,9H,6-8H2,(H,12,13). The van der Waals surface area contributed by atoms with Crippen LogP contribution in [0.3, 0.4) is 0 Å². The van der Waals surface area contributed by atoms with Gasteiger partial charge in [0.25, 0.3) is 0 Å². The Bertz CT molecular complexity index is 295. The second-order valence-electron chi connectivity index (χ2n) is 3.02. The molecular weight excluding hydrogens is 178 g/mol. The molecule has 3 nitrogen and oxygen atoms in total. The average molecular weight is 191 g/mol. The first-order valence-electron chi connectivity index (χ1n) is 4.55. The maximum Gasteiger partial charge on any atom is 0.207 e. The third-order valence-electron chi connectivity index (χ3n) is 1.92. The highest BCUT2D eigenvalue weighted by atomic mass is 16.1. The van der Waals surface area contributed by atoms with Crippen LogP contribution in [0.2, 0.25) is 0 Å². The van der Waals surface area contributed by atoms with E-state index in [1.807, 2.05) is 30.3 Å². The smallest absolute Gasteiger partial charge is 0.207 e. The lowest BCUT2D eigenvalue weighted by molar-refractivity contribution is -0.120. The van der Waals surface area contributed by atoms with Crippen LogP contribution in [0.1, 0.15) is 12.0 Å². The van der Waals surface area contributed by atoms with Crippen molar-refractivity contribution in [3.8, 4) is 0 Å². The van der Waals surface area contributed by atoms with Crippen LogP contribution < -0.4 is 5.32 Å². The van der Waals surface area contributed by atoms with Crippen molar-refractivity contribution >= 4 is 12.2 Å². The molecule has 0 unspecified atom stereocenters. The monoisotopic (exact) mass is 191 g/mol. The van der Waals surface area contributed by atoms with E-state index in [4.69, 9.17) is 0 Å². The Morgan fingerprint density at radius 3 is 2.64 bits per heavy atom. The molecule has 1 aromatic rings. The van der Waals surface area contributed by atoms with Gasteiger partial charge >= 0.3 is 0 Å². The number of Topliss-reactive ketones (excluding diaryl/α,β-unsaturated/α-hetero) is 1. The summed E-state index contributed by atoms with van der Waals surface area (Å²) < 4.78 is 0. The number of aryl methyl sites for hydroxylation is 1. The van der Waals surface area contributed by atoms with Gasteiger partial charge < -0.3 is 5.32 Å². The largest absolute Gasteiger partial charge is 0.352 e. The highest BCUT2D eigenvalue weighted by molar-refractivity contribution is 5.82. The van der Waals surface area contributed by atoms with Crippen molar-refractivity contribution in [2.45, 2.75) is 12.8 Å². The maximum absolute atomic E-state index is 11.2. The summed E-state index contributed by atoms with van der Waals surface area (Å²) in [5, 5.41) is 2.35. The van der Waals surface area contributed by atoms with Crippen molar-refractivity contribution in [3.63, 3.8) is 0 Å². The Hall–Kier alpha value is -1.64. The van der Waals surface area contributed by atoms with E-state index in [0.717, 1.165) is 12.0 Å². The van der Waals surface area contributed by atoms with E-state index in [1.165, 1.54) is 0 Å². The van der Waals surface area contributed by atoms with Crippen molar-refractivity contribution < 1.29 is 9.59 Å². The first-order chi connectivity index (χ1) is 6.83. The highest BCUT2D eigenvalue weighted by Gasteiger charge is 2.00. The van der Waals surface area contributed by atoms with E-state index in [9.17, 15) is 9.59 Å². The Kier molecular flexibility index (Phi) is 4.41. The van der Waals surface area contributed by atoms with Gasteiger partial charge in [-0.1, -0.05) is 30.3 Å². The molecule has 0 saturated carbocycles. The summed E-state index contributed by atoms with van der Waals surface area (Å²) in [6.07, 6.45) is 1.76. The molecule has 1 rings (SSSR count). The Morgan fingerprint density at radius 1 is 1.29 bits per heavy atom. The van der Waals surface area contributed by atoms with Crippen LogP contribution in [0.5, 0.6) is 0 Å². The molecule has 1 N–H and O–H groups in total. The summed E-state index contributed by atoms with van der Waals surface area (Å²) >= 11 is 0. The molecule has 0 aliphatic carbocycles. The summed E-state index contributed by atoms with van der Waals surface area (Å²) in [7, 11) is 0. The second-order valence-corrected chi connectivity index (χ2v) is 3.02. The number of carbonyl (C=O) groups excluding carboxylic acids is 2. The molecule has 0 atom stereocenters. The van der Waals surface area contributed by atoms with Crippen LogP contribution in [0.15, 0.2) is 30.3 Å². The molecule has 0 aliphatic heterocycles. The minimum Gasteiger partial charge on any atom is -0.352 e. The lowest BCUT2D eigenvalue weighted by Crippen LogP contribution is -2.21. The summed E-state index contributed by atoms with van der Waals surface area (Å²) in [5.41, 5.74) is 1.15. The molecule has 0 radical (unpaired) electrons. The van der Waals surface area contributed by atoms with Gasteiger partial charge in [-0.15, -0.1) is 0 Å². The third kappa shape index (κ3) is 3.85. The normalized spacial score (nSPS) is 9.43. The van der Waals surface area contributed by atoms with Crippen molar-refractivity contribution in [2.75, 3.05) is 6.54 Å². The number of carbonyl (C=O) groups is 2. The van der Waals surface area contributed by atoms with Crippen LogP contribution in [0.25, 0.3) is 0 Å². The minimum absolute atomic E-state index is 0.0564. The summed E-state index contributed by atoms with van der Waals surface area (Å²) in [5.74, 6) is 0.0564. The van der Waals surface area contributed by atoms with Crippen molar-refractivity contribution in [1.82, 2.24) is 5.32 Å². The van der Waals surface area contributed by atoms with Crippen molar-refractivity contribution in [3.05, 3.63) is 35.9 Å². The molecule has 74 valence electrons. The number of rotatable bonds is 6. The average Bonchev–Trinajstić information content (AvgIpc) is 2.25. The zero-order valence-electron chi connectivity index (χ0n) is 7.90. The fraction of sp³-hybridized carbons (Fsp3) is 0.273. The quantitative estimate of drug-likeness (QED) is 0.680. The molecule has 0 aliphatic rings. The summed E-state index contributed by atoms with van der Waals surface area (Å²) in [6.45, 7) is 0.135. The molecule has 3 heteroatoms. The van der Waals surface area contributed by atoms with Gasteiger partial charge in [0.1, 0.15) is 0 Å². The predicted octanol–water partition coefficient (Wildman–Crippen LogP) is 0.934. The predicted molar refractivity (Wildman–Crippen MR) is 53.8 cm³/mol. The van der Waals surface area contributed by atoms with Crippen LogP contribution in [0.4, 0.5) is 0 Å². The molecule has 0 spiro atoms. The molecule has 0 aromatic heterocycles. The van der Waals surface area contributed by atoms with E-state index in [-0.39, 0.29) is 12.3 Å². The van der Waals surface area contributed by atoms with E-state index in [1.54, 1.807) is 0 Å². The van der Waals surface area contributed by atoms with Crippen LogP contribution in [0, 0.1) is 0 Å². The van der Waals surface area contributed by atoms with Gasteiger partial charge in [0.05, 0.1) is 6.54 Å². The molecular formula is C11H13NO2. The molecule has 0 heterocycles. The van der Waals surface area contributed by atoms with Crippen LogP contribution in [-0.4, -0.2) is 18.7 Å². The van der Waals surface area contributed by atoms with Crippen LogP contribution in [-0.2, 0) is 16.0 Å². The first kappa shape index (κ1) is 10.4. The van der Waals surface area contributed by atoms with Crippen molar-refractivity contribution in [1.29, 1.82) is 0 Å². The number of benzene rings is 1. The Labute approximate surface area is 83.1 Å². The summed E-state index contributed by atoms with van der Waals surface area (Å²) in [4.78, 5) is 21.1. The van der Waals surface area contributed by atoms with E-state index < -0.39 is 0 Å². The number of ketones is 1. The third-order valence-corrected chi connectivity index (χ3v) is 1.92. The van der Waals surface area contributed by atoms with E-state index in [0.29, 0.717) is 12.8 Å². The zero-order chi connectivity index (χ0) is 10.2. The number of hydrogen-bond donors (Lipinski definition) is 1. The van der Waals surface area contributed by atoms with Gasteiger partial charge in [0.15, 0.2) is 5.78 Å². The molecule has 1 aromatic carbocycles. The van der Waals surface area contributed by atoms with Gasteiger partial charge in [-0.2, -0.15) is 0 Å². The SMILES string of the molecule is O=CNCC(=O)CCc1ccccc1. The molecule has 0 fully saturated rings. The lowest BCUT2D eigenvalue weighted by Gasteiger charge is -2.00. The second kappa shape index (κ2) is 5.91. The molecule has 14 heavy (non-hydrogen) atoms. The zero-order valence-corrected chi connectivity index (χ0v) is 7.90. The van der Waals surface area contributed by atoms with Gasteiger partial charge in [-0.3, -0.25) is 9.59 Å². The number of nitrogens with one attached hydrogen (secondary N) is 1. The number of amides is 1. The topological polar surface area (TPSA) is 46.2 Å². The minimum atomic E-state index is 0.0564. The molecule has 0 saturated heterocycles. The molecule has 0 bridgehead atoms. The highest BCUT2D eigenvalue weighted by Crippen LogP contribution is 2.02. The van der Waals surface area contributed by atoms with Gasteiger partial charge in [-0.05, 0) is 12.0 Å². The lowest BCUT2D eigenvalue weighted by atomic mass is 10.1. The van der Waals surface area contributed by atoms with E-state index >= 15 is 0 Å².